The van der Waals surface area contributed by atoms with E-state index in [1.165, 1.54) is 22.1 Å². The summed E-state index contributed by atoms with van der Waals surface area (Å²) < 4.78 is 6.09. The van der Waals surface area contributed by atoms with Crippen molar-refractivity contribution in [3.05, 3.63) is 71.4 Å². The summed E-state index contributed by atoms with van der Waals surface area (Å²) in [5.74, 6) is 1.02. The van der Waals surface area contributed by atoms with Crippen molar-refractivity contribution in [2.45, 2.75) is 19.6 Å². The van der Waals surface area contributed by atoms with E-state index in [2.05, 4.69) is 62.1 Å². The summed E-state index contributed by atoms with van der Waals surface area (Å²) in [7, 11) is 0. The number of piperazine rings is 1. The molecule has 0 bridgehead atoms. The SMILES string of the molecule is OCCN1CCN(Cc2ccc3c(c2)CN(Cc2cccc4ncccc24)CCO3)CC1. The summed E-state index contributed by atoms with van der Waals surface area (Å²) in [5.41, 5.74) is 4.99. The Kier molecular flexibility index (Phi) is 6.64. The molecule has 1 fully saturated rings. The second-order valence-electron chi connectivity index (χ2n) is 8.83. The van der Waals surface area contributed by atoms with Crippen LogP contribution in [0.25, 0.3) is 10.9 Å². The summed E-state index contributed by atoms with van der Waals surface area (Å²) in [6, 6.07) is 17.3. The Morgan fingerprint density at radius 2 is 1.75 bits per heavy atom. The smallest absolute Gasteiger partial charge is 0.123 e. The monoisotopic (exact) mass is 432 g/mol. The zero-order valence-electron chi connectivity index (χ0n) is 18.6. The van der Waals surface area contributed by atoms with E-state index in [4.69, 9.17) is 9.84 Å². The minimum Gasteiger partial charge on any atom is -0.492 e. The van der Waals surface area contributed by atoms with Crippen molar-refractivity contribution in [3.63, 3.8) is 0 Å². The Balaban J connectivity index is 1.27. The third-order valence-electron chi connectivity index (χ3n) is 6.60. The van der Waals surface area contributed by atoms with Crippen molar-refractivity contribution in [1.29, 1.82) is 0 Å². The van der Waals surface area contributed by atoms with Gasteiger partial charge in [-0.05, 0) is 35.4 Å². The molecule has 0 amide bonds. The van der Waals surface area contributed by atoms with Crippen LogP contribution in [0.2, 0.25) is 0 Å². The fourth-order valence-corrected chi connectivity index (χ4v) is 4.85. The second kappa shape index (κ2) is 9.96. The third kappa shape index (κ3) is 4.94. The highest BCUT2D eigenvalue weighted by Crippen LogP contribution is 2.27. The van der Waals surface area contributed by atoms with Gasteiger partial charge in [-0.25, -0.2) is 0 Å². The predicted molar refractivity (Wildman–Crippen MR) is 127 cm³/mol. The molecule has 168 valence electrons. The highest BCUT2D eigenvalue weighted by atomic mass is 16.5. The Bertz CT molecular complexity index is 1040. The number of aliphatic hydroxyl groups excluding tert-OH is 1. The molecule has 1 aromatic heterocycles. The number of hydrogen-bond donors (Lipinski definition) is 1. The van der Waals surface area contributed by atoms with Crippen LogP contribution in [0.15, 0.2) is 54.7 Å². The number of benzene rings is 2. The van der Waals surface area contributed by atoms with E-state index in [9.17, 15) is 0 Å². The summed E-state index contributed by atoms with van der Waals surface area (Å²) >= 11 is 0. The van der Waals surface area contributed by atoms with E-state index >= 15 is 0 Å². The van der Waals surface area contributed by atoms with Crippen LogP contribution >= 0.6 is 0 Å². The lowest BCUT2D eigenvalue weighted by Gasteiger charge is -2.34. The molecule has 0 aliphatic carbocycles. The van der Waals surface area contributed by atoms with Crippen molar-refractivity contribution in [2.24, 2.45) is 0 Å². The van der Waals surface area contributed by atoms with Gasteiger partial charge in [0.25, 0.3) is 0 Å². The first-order chi connectivity index (χ1) is 15.8. The van der Waals surface area contributed by atoms with Gasteiger partial charge in [-0.2, -0.15) is 0 Å². The first kappa shape index (κ1) is 21.3. The first-order valence-electron chi connectivity index (χ1n) is 11.6. The number of aliphatic hydroxyl groups is 1. The van der Waals surface area contributed by atoms with Crippen LogP contribution in [0.1, 0.15) is 16.7 Å². The van der Waals surface area contributed by atoms with Gasteiger partial charge in [0.1, 0.15) is 12.4 Å². The fraction of sp³-hybridized carbons (Fsp3) is 0.423. The van der Waals surface area contributed by atoms with Crippen LogP contribution in [0.3, 0.4) is 0 Å². The number of ether oxygens (including phenoxy) is 1. The van der Waals surface area contributed by atoms with E-state index in [1.807, 2.05) is 12.3 Å². The molecule has 5 rings (SSSR count). The highest BCUT2D eigenvalue weighted by Gasteiger charge is 2.19. The molecule has 2 aromatic carbocycles. The van der Waals surface area contributed by atoms with Gasteiger partial charge in [-0.15, -0.1) is 0 Å². The zero-order chi connectivity index (χ0) is 21.8. The van der Waals surface area contributed by atoms with Crippen molar-refractivity contribution in [3.8, 4) is 5.75 Å². The van der Waals surface area contributed by atoms with Crippen LogP contribution in [-0.2, 0) is 19.6 Å². The largest absolute Gasteiger partial charge is 0.492 e. The summed E-state index contributed by atoms with van der Waals surface area (Å²) in [6.45, 7) is 9.56. The van der Waals surface area contributed by atoms with E-state index in [0.717, 1.165) is 70.2 Å². The molecule has 0 spiro atoms. The van der Waals surface area contributed by atoms with Crippen LogP contribution < -0.4 is 4.74 Å². The summed E-state index contributed by atoms with van der Waals surface area (Å²) in [6.07, 6.45) is 1.86. The van der Waals surface area contributed by atoms with Gasteiger partial charge in [-0.3, -0.25) is 19.7 Å². The first-order valence-corrected chi connectivity index (χ1v) is 11.6. The van der Waals surface area contributed by atoms with Gasteiger partial charge in [0.15, 0.2) is 0 Å². The number of fused-ring (bicyclic) bond motifs is 2. The third-order valence-corrected chi connectivity index (χ3v) is 6.60. The lowest BCUT2D eigenvalue weighted by atomic mass is 10.1. The van der Waals surface area contributed by atoms with Crippen molar-refractivity contribution >= 4 is 10.9 Å². The van der Waals surface area contributed by atoms with E-state index < -0.39 is 0 Å². The van der Waals surface area contributed by atoms with E-state index in [1.54, 1.807) is 0 Å². The van der Waals surface area contributed by atoms with Crippen LogP contribution in [-0.4, -0.2) is 77.3 Å². The molecule has 1 saturated heterocycles. The number of pyridine rings is 1. The minimum absolute atomic E-state index is 0.247. The maximum Gasteiger partial charge on any atom is 0.123 e. The lowest BCUT2D eigenvalue weighted by Crippen LogP contribution is -2.46. The molecule has 2 aliphatic rings. The molecule has 32 heavy (non-hydrogen) atoms. The maximum absolute atomic E-state index is 9.15. The highest BCUT2D eigenvalue weighted by molar-refractivity contribution is 5.81. The van der Waals surface area contributed by atoms with Crippen molar-refractivity contribution in [2.75, 3.05) is 52.5 Å². The van der Waals surface area contributed by atoms with Gasteiger partial charge in [-0.1, -0.05) is 24.3 Å². The Morgan fingerprint density at radius 1 is 0.875 bits per heavy atom. The molecule has 3 heterocycles. The second-order valence-corrected chi connectivity index (χ2v) is 8.83. The number of rotatable bonds is 6. The molecule has 3 aromatic rings. The quantitative estimate of drug-likeness (QED) is 0.647. The molecular formula is C26H32N4O2. The molecule has 0 saturated carbocycles. The Labute approximate surface area is 190 Å². The summed E-state index contributed by atoms with van der Waals surface area (Å²) in [5, 5.41) is 10.4. The zero-order valence-corrected chi connectivity index (χ0v) is 18.6. The summed E-state index contributed by atoms with van der Waals surface area (Å²) in [4.78, 5) is 11.8. The number of β-amino-alcohol motifs (C(OH)–C–C–N with tert-alkyl or cyclic N) is 1. The van der Waals surface area contributed by atoms with Crippen molar-refractivity contribution in [1.82, 2.24) is 19.7 Å². The standard InChI is InChI=1S/C26H32N4O2/c31-15-13-28-9-11-29(12-10-28)18-21-6-7-26-23(17-21)20-30(14-16-32-26)19-22-3-1-5-25-24(22)4-2-8-27-25/h1-8,17,31H,9-16,18-20H2. The molecular weight excluding hydrogens is 400 g/mol. The maximum atomic E-state index is 9.15. The Hall–Kier alpha value is -2.51. The predicted octanol–water partition coefficient (Wildman–Crippen LogP) is 2.74. The van der Waals surface area contributed by atoms with Gasteiger partial charge in [0, 0.05) is 76.0 Å². The number of nitrogens with zero attached hydrogens (tertiary/aromatic N) is 4. The lowest BCUT2D eigenvalue weighted by molar-refractivity contribution is 0.108. The topological polar surface area (TPSA) is 52.1 Å². The molecule has 6 nitrogen and oxygen atoms in total. The molecule has 0 radical (unpaired) electrons. The normalized spacial score (nSPS) is 18.3. The van der Waals surface area contributed by atoms with Gasteiger partial charge in [0.05, 0.1) is 12.1 Å². The number of hydrogen-bond acceptors (Lipinski definition) is 6. The molecule has 1 N–H and O–H groups in total. The van der Waals surface area contributed by atoms with Crippen molar-refractivity contribution < 1.29 is 9.84 Å². The average Bonchev–Trinajstić information content (AvgIpc) is 3.02. The van der Waals surface area contributed by atoms with Crippen LogP contribution in [0.4, 0.5) is 0 Å². The molecule has 0 unspecified atom stereocenters. The molecule has 0 atom stereocenters. The van der Waals surface area contributed by atoms with Gasteiger partial charge >= 0.3 is 0 Å². The Morgan fingerprint density at radius 3 is 2.62 bits per heavy atom. The average molecular weight is 433 g/mol. The van der Waals surface area contributed by atoms with Crippen LogP contribution in [0, 0.1) is 0 Å². The van der Waals surface area contributed by atoms with Gasteiger partial charge < -0.3 is 9.84 Å². The van der Waals surface area contributed by atoms with Gasteiger partial charge in [0.2, 0.25) is 0 Å². The molecule has 2 aliphatic heterocycles. The minimum atomic E-state index is 0.247. The van der Waals surface area contributed by atoms with Crippen LogP contribution in [0.5, 0.6) is 5.75 Å². The van der Waals surface area contributed by atoms with E-state index in [-0.39, 0.29) is 6.61 Å². The van der Waals surface area contributed by atoms with E-state index in [0.29, 0.717) is 6.61 Å². The number of aromatic nitrogens is 1. The fourth-order valence-electron chi connectivity index (χ4n) is 4.85. The molecule has 6 heteroatoms.